The molecule has 0 heterocycles. The zero-order chi connectivity index (χ0) is 15.0. The van der Waals surface area contributed by atoms with Crippen molar-refractivity contribution < 1.29 is 14.6 Å². The van der Waals surface area contributed by atoms with Gasteiger partial charge in [0, 0.05) is 20.6 Å². The molecule has 5 heteroatoms. The average molecular weight is 280 g/mol. The Bertz CT molecular complexity index is 395. The van der Waals surface area contributed by atoms with Gasteiger partial charge in [-0.25, -0.2) is 0 Å². The summed E-state index contributed by atoms with van der Waals surface area (Å²) in [5.41, 5.74) is 1.07. The van der Waals surface area contributed by atoms with Crippen LogP contribution >= 0.6 is 0 Å². The minimum atomic E-state index is -0.629. The summed E-state index contributed by atoms with van der Waals surface area (Å²) >= 11 is 0. The van der Waals surface area contributed by atoms with Crippen LogP contribution in [0.4, 0.5) is 0 Å². The van der Waals surface area contributed by atoms with E-state index in [-0.39, 0.29) is 18.6 Å². The maximum atomic E-state index is 11.6. The van der Waals surface area contributed by atoms with E-state index in [1.165, 1.54) is 4.90 Å². The molecule has 5 nitrogen and oxygen atoms in total. The topological polar surface area (TPSA) is 61.8 Å². The third-order valence-corrected chi connectivity index (χ3v) is 2.89. The van der Waals surface area contributed by atoms with Gasteiger partial charge < -0.3 is 20.1 Å². The van der Waals surface area contributed by atoms with Crippen molar-refractivity contribution in [3.05, 3.63) is 35.9 Å². The Labute approximate surface area is 120 Å². The SMILES string of the molecule is CC(NCC(O)COCc1ccccc1)C(=O)N(C)C. The third kappa shape index (κ3) is 6.14. The summed E-state index contributed by atoms with van der Waals surface area (Å²) in [7, 11) is 3.42. The van der Waals surface area contributed by atoms with Gasteiger partial charge in [-0.15, -0.1) is 0 Å². The zero-order valence-electron chi connectivity index (χ0n) is 12.4. The van der Waals surface area contributed by atoms with E-state index in [1.807, 2.05) is 30.3 Å². The van der Waals surface area contributed by atoms with Crippen LogP contribution in [-0.4, -0.2) is 55.3 Å². The number of ether oxygens (including phenoxy) is 1. The standard InChI is InChI=1S/C15H24N2O3/c1-12(15(19)17(2)3)16-9-14(18)11-20-10-13-7-5-4-6-8-13/h4-8,12,14,16,18H,9-11H2,1-3H3. The molecule has 2 N–H and O–H groups in total. The Morgan fingerprint density at radius 1 is 1.35 bits per heavy atom. The fourth-order valence-electron chi connectivity index (χ4n) is 1.73. The fourth-order valence-corrected chi connectivity index (χ4v) is 1.73. The minimum absolute atomic E-state index is 0.0117. The van der Waals surface area contributed by atoms with Gasteiger partial charge in [0.2, 0.25) is 5.91 Å². The molecule has 0 bridgehead atoms. The number of carbonyl (C=O) groups excluding carboxylic acids is 1. The number of carbonyl (C=O) groups is 1. The highest BCUT2D eigenvalue weighted by Crippen LogP contribution is 2.01. The number of hydrogen-bond donors (Lipinski definition) is 2. The van der Waals surface area contributed by atoms with Crippen molar-refractivity contribution in [3.63, 3.8) is 0 Å². The molecule has 2 atom stereocenters. The molecule has 20 heavy (non-hydrogen) atoms. The Hall–Kier alpha value is -1.43. The molecule has 1 aromatic carbocycles. The highest BCUT2D eigenvalue weighted by atomic mass is 16.5. The van der Waals surface area contributed by atoms with E-state index >= 15 is 0 Å². The first-order valence-electron chi connectivity index (χ1n) is 6.75. The van der Waals surface area contributed by atoms with Crippen LogP contribution in [0.15, 0.2) is 30.3 Å². The second-order valence-electron chi connectivity index (χ2n) is 5.02. The van der Waals surface area contributed by atoms with Crippen LogP contribution in [0.2, 0.25) is 0 Å². The van der Waals surface area contributed by atoms with Crippen molar-refractivity contribution >= 4 is 5.91 Å². The maximum absolute atomic E-state index is 11.6. The number of aliphatic hydroxyl groups is 1. The van der Waals surface area contributed by atoms with Crippen molar-refractivity contribution in [2.75, 3.05) is 27.2 Å². The van der Waals surface area contributed by atoms with Gasteiger partial charge >= 0.3 is 0 Å². The van der Waals surface area contributed by atoms with Crippen molar-refractivity contribution in [1.82, 2.24) is 10.2 Å². The van der Waals surface area contributed by atoms with Crippen molar-refractivity contribution in [1.29, 1.82) is 0 Å². The summed E-state index contributed by atoms with van der Waals surface area (Å²) in [6.07, 6.45) is -0.629. The summed E-state index contributed by atoms with van der Waals surface area (Å²) in [4.78, 5) is 13.1. The van der Waals surface area contributed by atoms with E-state index in [0.717, 1.165) is 5.56 Å². The van der Waals surface area contributed by atoms with Gasteiger partial charge in [0.15, 0.2) is 0 Å². The number of aliphatic hydroxyl groups excluding tert-OH is 1. The molecule has 0 aromatic heterocycles. The normalized spacial score (nSPS) is 13.8. The first-order chi connectivity index (χ1) is 9.50. The third-order valence-electron chi connectivity index (χ3n) is 2.89. The number of hydrogen-bond acceptors (Lipinski definition) is 4. The summed E-state index contributed by atoms with van der Waals surface area (Å²) in [6, 6.07) is 9.49. The van der Waals surface area contributed by atoms with E-state index in [9.17, 15) is 9.90 Å². The minimum Gasteiger partial charge on any atom is -0.389 e. The second kappa shape index (κ2) is 8.68. The van der Waals surface area contributed by atoms with Crippen LogP contribution in [0.5, 0.6) is 0 Å². The quantitative estimate of drug-likeness (QED) is 0.733. The molecule has 1 amide bonds. The Morgan fingerprint density at radius 2 is 2.00 bits per heavy atom. The molecule has 0 saturated carbocycles. The van der Waals surface area contributed by atoms with Crippen molar-refractivity contribution in [2.24, 2.45) is 0 Å². The maximum Gasteiger partial charge on any atom is 0.238 e. The van der Waals surface area contributed by atoms with E-state index in [1.54, 1.807) is 21.0 Å². The summed E-state index contributed by atoms with van der Waals surface area (Å²) in [5, 5.41) is 12.8. The average Bonchev–Trinajstić information content (AvgIpc) is 2.45. The lowest BCUT2D eigenvalue weighted by molar-refractivity contribution is -0.130. The van der Waals surface area contributed by atoms with E-state index < -0.39 is 6.10 Å². The first kappa shape index (κ1) is 16.6. The van der Waals surface area contributed by atoms with Gasteiger partial charge in [0.05, 0.1) is 25.4 Å². The summed E-state index contributed by atoms with van der Waals surface area (Å²) in [5.74, 6) is -0.0117. The molecule has 1 rings (SSSR count). The Kier molecular flexibility index (Phi) is 7.22. The zero-order valence-corrected chi connectivity index (χ0v) is 12.4. The monoisotopic (exact) mass is 280 g/mol. The molecule has 0 spiro atoms. The van der Waals surface area contributed by atoms with Crippen LogP contribution in [-0.2, 0) is 16.1 Å². The Balaban J connectivity index is 2.17. The summed E-state index contributed by atoms with van der Waals surface area (Å²) < 4.78 is 5.44. The van der Waals surface area contributed by atoms with Gasteiger partial charge in [-0.05, 0) is 12.5 Å². The highest BCUT2D eigenvalue weighted by Gasteiger charge is 2.15. The number of rotatable bonds is 8. The van der Waals surface area contributed by atoms with Gasteiger partial charge in [-0.2, -0.15) is 0 Å². The molecule has 0 radical (unpaired) electrons. The number of likely N-dealkylation sites (N-methyl/N-ethyl adjacent to an activating group) is 1. The Morgan fingerprint density at radius 3 is 2.60 bits per heavy atom. The lowest BCUT2D eigenvalue weighted by atomic mass is 10.2. The van der Waals surface area contributed by atoms with Crippen molar-refractivity contribution in [2.45, 2.75) is 25.7 Å². The lowest BCUT2D eigenvalue weighted by Crippen LogP contribution is -2.44. The number of nitrogens with one attached hydrogen (secondary N) is 1. The van der Waals surface area contributed by atoms with E-state index in [2.05, 4.69) is 5.32 Å². The molecule has 0 saturated heterocycles. The van der Waals surface area contributed by atoms with Gasteiger partial charge in [0.1, 0.15) is 0 Å². The van der Waals surface area contributed by atoms with Gasteiger partial charge in [-0.3, -0.25) is 4.79 Å². The lowest BCUT2D eigenvalue weighted by Gasteiger charge is -2.19. The van der Waals surface area contributed by atoms with E-state index in [4.69, 9.17) is 4.74 Å². The van der Waals surface area contributed by atoms with Crippen LogP contribution in [0.3, 0.4) is 0 Å². The number of benzene rings is 1. The van der Waals surface area contributed by atoms with Crippen LogP contribution < -0.4 is 5.32 Å². The molecule has 112 valence electrons. The summed E-state index contributed by atoms with van der Waals surface area (Å²) in [6.45, 7) is 2.82. The van der Waals surface area contributed by atoms with Crippen LogP contribution in [0, 0.1) is 0 Å². The highest BCUT2D eigenvalue weighted by molar-refractivity contribution is 5.80. The smallest absolute Gasteiger partial charge is 0.238 e. The number of amides is 1. The fraction of sp³-hybridized carbons (Fsp3) is 0.533. The van der Waals surface area contributed by atoms with Crippen molar-refractivity contribution in [3.8, 4) is 0 Å². The molecular weight excluding hydrogens is 256 g/mol. The molecule has 1 aromatic rings. The number of nitrogens with zero attached hydrogens (tertiary/aromatic N) is 1. The molecule has 0 aliphatic carbocycles. The van der Waals surface area contributed by atoms with Crippen LogP contribution in [0.1, 0.15) is 12.5 Å². The molecule has 0 aliphatic rings. The van der Waals surface area contributed by atoms with Crippen LogP contribution in [0.25, 0.3) is 0 Å². The molecule has 2 unspecified atom stereocenters. The molecular formula is C15H24N2O3. The molecule has 0 aliphatic heterocycles. The second-order valence-corrected chi connectivity index (χ2v) is 5.02. The van der Waals surface area contributed by atoms with E-state index in [0.29, 0.717) is 13.2 Å². The van der Waals surface area contributed by atoms with Gasteiger partial charge in [0.25, 0.3) is 0 Å². The first-order valence-corrected chi connectivity index (χ1v) is 6.75. The predicted molar refractivity (Wildman–Crippen MR) is 78.3 cm³/mol. The van der Waals surface area contributed by atoms with Gasteiger partial charge in [-0.1, -0.05) is 30.3 Å². The molecule has 0 fully saturated rings. The largest absolute Gasteiger partial charge is 0.389 e. The predicted octanol–water partition coefficient (Wildman–Crippen LogP) is 0.630.